The van der Waals surface area contributed by atoms with Crippen LogP contribution < -0.4 is 29.6 Å². The minimum atomic E-state index is -4.67. The number of benzene rings is 2. The number of rotatable bonds is 4. The van der Waals surface area contributed by atoms with Gasteiger partial charge in [-0.2, -0.15) is 0 Å². The van der Waals surface area contributed by atoms with E-state index < -0.39 is 15.0 Å². The topological polar surface area (TPSA) is 108 Å². The van der Waals surface area contributed by atoms with E-state index in [1.807, 2.05) is 13.8 Å². The summed E-state index contributed by atoms with van der Waals surface area (Å²) in [7, 11) is -4.67. The van der Waals surface area contributed by atoms with Gasteiger partial charge in [0.1, 0.15) is 32.6 Å². The molecular weight excluding hydrogens is 353 g/mol. The molecule has 126 valence electrons. The van der Waals surface area contributed by atoms with E-state index in [9.17, 15) is 18.1 Å². The molecule has 0 spiro atoms. The van der Waals surface area contributed by atoms with Crippen LogP contribution in [0.5, 0.6) is 5.75 Å². The van der Waals surface area contributed by atoms with E-state index in [-0.39, 0.29) is 46.9 Å². The molecule has 0 aliphatic carbocycles. The Labute approximate surface area is 167 Å². The van der Waals surface area contributed by atoms with E-state index in [0.29, 0.717) is 23.0 Å². The molecule has 1 aromatic heterocycles. The Morgan fingerprint density at radius 3 is 2.24 bits per heavy atom. The van der Waals surface area contributed by atoms with Gasteiger partial charge >= 0.3 is 29.6 Å². The summed E-state index contributed by atoms with van der Waals surface area (Å²) in [6.45, 7) is 3.75. The number of hydrogen-bond acceptors (Lipinski definition) is 6. The molecule has 0 amide bonds. The van der Waals surface area contributed by atoms with Crippen LogP contribution in [0.15, 0.2) is 41.3 Å². The van der Waals surface area contributed by atoms with Crippen LogP contribution in [0.4, 0.5) is 0 Å². The number of fused-ring (bicyclic) bond motifs is 1. The minimum Gasteiger partial charge on any atom is -0.744 e. The van der Waals surface area contributed by atoms with E-state index in [2.05, 4.69) is 10.2 Å². The van der Waals surface area contributed by atoms with E-state index in [1.54, 1.807) is 24.3 Å². The molecule has 0 saturated heterocycles. The van der Waals surface area contributed by atoms with Gasteiger partial charge in [0.05, 0.1) is 4.90 Å². The van der Waals surface area contributed by atoms with Crippen molar-refractivity contribution in [1.82, 2.24) is 15.0 Å². The van der Waals surface area contributed by atoms with Gasteiger partial charge in [-0.3, -0.25) is 0 Å². The van der Waals surface area contributed by atoms with Crippen LogP contribution >= 0.6 is 0 Å². The predicted octanol–water partition coefficient (Wildman–Crippen LogP) is -0.452. The van der Waals surface area contributed by atoms with Crippen molar-refractivity contribution in [3.8, 4) is 11.4 Å². The Kier molecular flexibility index (Phi) is 5.90. The second-order valence-electron chi connectivity index (χ2n) is 5.62. The number of nitrogens with zero attached hydrogens (tertiary/aromatic N) is 3. The Balaban J connectivity index is 0.00000225. The van der Waals surface area contributed by atoms with Gasteiger partial charge < -0.3 is 9.66 Å². The van der Waals surface area contributed by atoms with E-state index >= 15 is 0 Å². The van der Waals surface area contributed by atoms with Gasteiger partial charge in [0.15, 0.2) is 0 Å². The van der Waals surface area contributed by atoms with E-state index in [1.165, 1.54) is 6.07 Å². The van der Waals surface area contributed by atoms with Crippen molar-refractivity contribution in [2.24, 2.45) is 0 Å². The maximum absolute atomic E-state index is 11.5. The van der Waals surface area contributed by atoms with Crippen molar-refractivity contribution in [2.75, 3.05) is 0 Å². The first-order chi connectivity index (χ1) is 11.3. The smallest absolute Gasteiger partial charge is 0.744 e. The summed E-state index contributed by atoms with van der Waals surface area (Å²) in [5, 5.41) is 19.0. The zero-order valence-electron chi connectivity index (χ0n) is 14.2. The summed E-state index contributed by atoms with van der Waals surface area (Å²) in [6.07, 6.45) is 0.671. The molecule has 0 bridgehead atoms. The zero-order chi connectivity index (χ0) is 17.5. The number of aromatic hydroxyl groups is 1. The SMILES string of the molecule is CCC(C)c1cc(S(=O)(=O)[O-])cc(-n2nc3ccccc3n2)c1O.[Na+]. The Hall–Kier alpha value is -1.45. The second kappa shape index (κ2) is 7.43. The Morgan fingerprint density at radius 1 is 1.20 bits per heavy atom. The molecule has 1 atom stereocenters. The molecule has 9 heteroatoms. The van der Waals surface area contributed by atoms with Gasteiger partial charge in [-0.1, -0.05) is 26.0 Å². The third kappa shape index (κ3) is 3.88. The Bertz CT molecular complexity index is 984. The van der Waals surface area contributed by atoms with Crippen LogP contribution in [0, 0.1) is 0 Å². The molecule has 7 nitrogen and oxygen atoms in total. The first-order valence-electron chi connectivity index (χ1n) is 7.46. The largest absolute Gasteiger partial charge is 1.00 e. The van der Waals surface area contributed by atoms with Crippen molar-refractivity contribution >= 4 is 21.2 Å². The Morgan fingerprint density at radius 2 is 1.76 bits per heavy atom. The third-order valence-electron chi connectivity index (χ3n) is 4.03. The zero-order valence-corrected chi connectivity index (χ0v) is 17.0. The fourth-order valence-electron chi connectivity index (χ4n) is 2.47. The monoisotopic (exact) mass is 369 g/mol. The molecular formula is C16H16N3NaO4S. The second-order valence-corrected chi connectivity index (χ2v) is 7.00. The molecule has 3 aromatic rings. The summed E-state index contributed by atoms with van der Waals surface area (Å²) in [5.74, 6) is -0.257. The number of hydrogen-bond donors (Lipinski definition) is 1. The molecule has 0 fully saturated rings. The molecule has 1 N–H and O–H groups in total. The van der Waals surface area contributed by atoms with Crippen LogP contribution in [0.1, 0.15) is 31.7 Å². The summed E-state index contributed by atoms with van der Waals surface area (Å²) in [5.41, 5.74) is 1.64. The van der Waals surface area contributed by atoms with Gasteiger partial charge in [0.2, 0.25) is 0 Å². The average molecular weight is 369 g/mol. The summed E-state index contributed by atoms with van der Waals surface area (Å²) in [4.78, 5) is 0.743. The van der Waals surface area contributed by atoms with Gasteiger partial charge in [-0.05, 0) is 36.6 Å². The van der Waals surface area contributed by atoms with Crippen LogP contribution in [-0.4, -0.2) is 33.1 Å². The molecule has 2 aromatic carbocycles. The van der Waals surface area contributed by atoms with Gasteiger partial charge in [0.25, 0.3) is 0 Å². The summed E-state index contributed by atoms with van der Waals surface area (Å²) < 4.78 is 34.4. The molecule has 1 unspecified atom stereocenters. The van der Waals surface area contributed by atoms with Crippen LogP contribution in [0.2, 0.25) is 0 Å². The van der Waals surface area contributed by atoms with Crippen LogP contribution in [-0.2, 0) is 10.1 Å². The van der Waals surface area contributed by atoms with Crippen molar-refractivity contribution in [3.05, 3.63) is 42.0 Å². The molecule has 0 aliphatic heterocycles. The number of phenolic OH excluding ortho intramolecular Hbond substituents is 1. The van der Waals surface area contributed by atoms with Crippen molar-refractivity contribution in [2.45, 2.75) is 31.1 Å². The average Bonchev–Trinajstić information content (AvgIpc) is 2.97. The standard InChI is InChI=1S/C16H17N3O4S.Na/c1-3-10(2)12-8-11(24(21,22)23)9-15(16(12)20)19-17-13-6-4-5-7-14(13)18-19;/h4-10,20H,3H2,1-2H3,(H,21,22,23);/q;+1/p-1. The molecule has 0 aliphatic rings. The first kappa shape index (κ1) is 19.9. The fraction of sp³-hybridized carbons (Fsp3) is 0.250. The van der Waals surface area contributed by atoms with Gasteiger partial charge in [-0.25, -0.2) is 8.42 Å². The maximum Gasteiger partial charge on any atom is 1.00 e. The number of phenols is 1. The third-order valence-corrected chi connectivity index (χ3v) is 4.84. The fourth-order valence-corrected chi connectivity index (χ4v) is 3.00. The van der Waals surface area contributed by atoms with Crippen LogP contribution in [0.25, 0.3) is 16.7 Å². The van der Waals surface area contributed by atoms with E-state index in [4.69, 9.17) is 0 Å². The normalized spacial score (nSPS) is 12.8. The maximum atomic E-state index is 11.5. The van der Waals surface area contributed by atoms with Gasteiger partial charge in [0, 0.05) is 5.56 Å². The molecule has 3 rings (SSSR count). The van der Waals surface area contributed by atoms with Crippen molar-refractivity contribution in [1.29, 1.82) is 0 Å². The quantitative estimate of drug-likeness (QED) is 0.493. The first-order valence-corrected chi connectivity index (χ1v) is 8.87. The molecule has 25 heavy (non-hydrogen) atoms. The van der Waals surface area contributed by atoms with Crippen LogP contribution in [0.3, 0.4) is 0 Å². The molecule has 1 heterocycles. The number of aromatic nitrogens is 3. The summed E-state index contributed by atoms with van der Waals surface area (Å²) >= 11 is 0. The predicted molar refractivity (Wildman–Crippen MR) is 87.2 cm³/mol. The van der Waals surface area contributed by atoms with E-state index in [0.717, 1.165) is 10.9 Å². The van der Waals surface area contributed by atoms with Gasteiger partial charge in [-0.15, -0.1) is 15.0 Å². The minimum absolute atomic E-state index is 0. The van der Waals surface area contributed by atoms with Crippen molar-refractivity contribution in [3.63, 3.8) is 0 Å². The van der Waals surface area contributed by atoms with Crippen molar-refractivity contribution < 1.29 is 47.6 Å². The summed E-state index contributed by atoms with van der Waals surface area (Å²) in [6, 6.07) is 9.41. The molecule has 0 radical (unpaired) electrons. The molecule has 0 saturated carbocycles.